The molecule has 1 unspecified atom stereocenters. The van der Waals surface area contributed by atoms with E-state index in [0.717, 1.165) is 6.42 Å². The molecule has 3 heteroatoms. The molecule has 0 aromatic carbocycles. The highest BCUT2D eigenvalue weighted by Crippen LogP contribution is 2.17. The minimum Gasteiger partial charge on any atom is -0.303 e. The Balaban J connectivity index is 2.30. The quantitative estimate of drug-likeness (QED) is 0.489. The zero-order chi connectivity index (χ0) is 9.52. The molecule has 3 nitrogen and oxygen atoms in total. The smallest absolute Gasteiger partial charge is 0.239 e. The van der Waals surface area contributed by atoms with Gasteiger partial charge < -0.3 is 4.90 Å². The average Bonchev–Trinajstić information content (AvgIpc) is 2.15. The number of hydrogen-bond acceptors (Lipinski definition) is 3. The van der Waals surface area contributed by atoms with Gasteiger partial charge in [0.25, 0.3) is 0 Å². The summed E-state index contributed by atoms with van der Waals surface area (Å²) < 4.78 is 0. The van der Waals surface area contributed by atoms with Gasteiger partial charge in [-0.3, -0.25) is 0 Å². The Morgan fingerprint density at radius 3 is 3.15 bits per heavy atom. The van der Waals surface area contributed by atoms with E-state index in [1.165, 1.54) is 38.1 Å². The van der Waals surface area contributed by atoms with Crippen molar-refractivity contribution in [3.63, 3.8) is 0 Å². The van der Waals surface area contributed by atoms with Gasteiger partial charge in [-0.2, -0.15) is 4.99 Å². The number of hydrogen-bond donors (Lipinski definition) is 0. The molecule has 0 bridgehead atoms. The lowest BCUT2D eigenvalue weighted by molar-refractivity contribution is 0.187. The van der Waals surface area contributed by atoms with E-state index in [-0.39, 0.29) is 0 Å². The fourth-order valence-electron chi connectivity index (χ4n) is 1.74. The van der Waals surface area contributed by atoms with Crippen molar-refractivity contribution in [3.8, 4) is 0 Å². The largest absolute Gasteiger partial charge is 0.303 e. The van der Waals surface area contributed by atoms with E-state index in [1.54, 1.807) is 0 Å². The van der Waals surface area contributed by atoms with E-state index in [1.807, 2.05) is 6.08 Å². The Kier molecular flexibility index (Phi) is 4.44. The average molecular weight is 180 g/mol. The molecule has 0 aromatic rings. The summed E-state index contributed by atoms with van der Waals surface area (Å²) in [4.78, 5) is 15.5. The number of rotatable bonds is 3. The lowest BCUT2D eigenvalue weighted by Gasteiger charge is -2.31. The first-order chi connectivity index (χ1) is 6.34. The zero-order valence-corrected chi connectivity index (χ0v) is 8.07. The third-order valence-corrected chi connectivity index (χ3v) is 2.56. The second kappa shape index (κ2) is 5.68. The van der Waals surface area contributed by atoms with Gasteiger partial charge in [-0.1, -0.05) is 12.5 Å². The molecular weight excluding hydrogens is 164 g/mol. The molecule has 1 rings (SSSR count). The van der Waals surface area contributed by atoms with Crippen LogP contribution in [-0.2, 0) is 4.79 Å². The predicted octanol–water partition coefficient (Wildman–Crippen LogP) is 1.71. The highest BCUT2D eigenvalue weighted by molar-refractivity contribution is 5.34. The first-order valence-electron chi connectivity index (χ1n) is 4.77. The Bertz CT molecular complexity index is 219. The minimum atomic E-state index is 0.631. The van der Waals surface area contributed by atoms with Crippen LogP contribution in [0.15, 0.2) is 17.3 Å². The van der Waals surface area contributed by atoms with Gasteiger partial charge in [0.1, 0.15) is 0 Å². The maximum Gasteiger partial charge on any atom is 0.239 e. The van der Waals surface area contributed by atoms with Crippen LogP contribution in [-0.4, -0.2) is 30.6 Å². The third-order valence-electron chi connectivity index (χ3n) is 2.56. The Hall–Kier alpha value is -0.920. The maximum atomic E-state index is 9.77. The van der Waals surface area contributed by atoms with Crippen molar-refractivity contribution >= 4 is 6.08 Å². The number of aliphatic imine (C=N–C) groups is 1. The lowest BCUT2D eigenvalue weighted by Crippen LogP contribution is -2.35. The third kappa shape index (κ3) is 3.53. The second-order valence-electron chi connectivity index (χ2n) is 3.47. The molecular formula is C10H16N2O. The molecule has 1 saturated heterocycles. The summed E-state index contributed by atoms with van der Waals surface area (Å²) in [6.45, 7) is 1.19. The number of isocyanates is 1. The van der Waals surface area contributed by atoms with Crippen LogP contribution in [0, 0.1) is 0 Å². The van der Waals surface area contributed by atoms with Crippen molar-refractivity contribution in [2.45, 2.75) is 31.7 Å². The van der Waals surface area contributed by atoms with Crippen LogP contribution >= 0.6 is 0 Å². The molecule has 1 atom stereocenters. The van der Waals surface area contributed by atoms with Crippen molar-refractivity contribution < 1.29 is 4.79 Å². The molecule has 0 N–H and O–H groups in total. The van der Waals surface area contributed by atoms with Crippen molar-refractivity contribution in [2.75, 3.05) is 13.6 Å². The first kappa shape index (κ1) is 10.2. The van der Waals surface area contributed by atoms with Gasteiger partial charge in [-0.05, 0) is 32.9 Å². The van der Waals surface area contributed by atoms with Crippen LogP contribution in [0.2, 0.25) is 0 Å². The van der Waals surface area contributed by atoms with Gasteiger partial charge >= 0.3 is 0 Å². The van der Waals surface area contributed by atoms with Crippen LogP contribution in [0.5, 0.6) is 0 Å². The number of likely N-dealkylation sites (tertiary alicyclic amines) is 1. The molecule has 0 aliphatic carbocycles. The van der Waals surface area contributed by atoms with Crippen molar-refractivity contribution in [1.29, 1.82) is 0 Å². The van der Waals surface area contributed by atoms with E-state index in [0.29, 0.717) is 6.04 Å². The van der Waals surface area contributed by atoms with Gasteiger partial charge in [0.15, 0.2) is 0 Å². The summed E-state index contributed by atoms with van der Waals surface area (Å²) in [5, 5.41) is 0. The highest BCUT2D eigenvalue weighted by atomic mass is 16.1. The molecule has 0 amide bonds. The van der Waals surface area contributed by atoms with Gasteiger partial charge in [-0.25, -0.2) is 4.79 Å². The second-order valence-corrected chi connectivity index (χ2v) is 3.47. The Morgan fingerprint density at radius 2 is 2.46 bits per heavy atom. The fourth-order valence-corrected chi connectivity index (χ4v) is 1.74. The van der Waals surface area contributed by atoms with Crippen LogP contribution < -0.4 is 0 Å². The summed E-state index contributed by atoms with van der Waals surface area (Å²) in [6, 6.07) is 0.631. The molecule has 1 fully saturated rings. The maximum absolute atomic E-state index is 9.77. The SMILES string of the molecule is CN1CCCCC1C/C=C\N=C=O. The predicted molar refractivity (Wildman–Crippen MR) is 52.1 cm³/mol. The summed E-state index contributed by atoms with van der Waals surface area (Å²) >= 11 is 0. The van der Waals surface area contributed by atoms with Crippen molar-refractivity contribution in [2.24, 2.45) is 4.99 Å². The summed E-state index contributed by atoms with van der Waals surface area (Å²) in [6.07, 6.45) is 9.84. The van der Waals surface area contributed by atoms with E-state index >= 15 is 0 Å². The van der Waals surface area contributed by atoms with Gasteiger partial charge in [-0.15, -0.1) is 0 Å². The van der Waals surface area contributed by atoms with Crippen LogP contribution in [0.3, 0.4) is 0 Å². The zero-order valence-electron chi connectivity index (χ0n) is 8.07. The topological polar surface area (TPSA) is 32.7 Å². The van der Waals surface area contributed by atoms with Gasteiger partial charge in [0.05, 0.1) is 0 Å². The van der Waals surface area contributed by atoms with E-state index < -0.39 is 0 Å². The molecule has 0 radical (unpaired) electrons. The molecule has 0 saturated carbocycles. The fraction of sp³-hybridized carbons (Fsp3) is 0.700. The standard InChI is InChI=1S/C10H16N2O/c1-12-8-3-2-5-10(12)6-4-7-11-9-13/h4,7,10H,2-3,5-6,8H2,1H3/b7-4-. The lowest BCUT2D eigenvalue weighted by atomic mass is 10.0. The highest BCUT2D eigenvalue weighted by Gasteiger charge is 2.16. The monoisotopic (exact) mass is 180 g/mol. The van der Waals surface area contributed by atoms with Crippen molar-refractivity contribution in [1.82, 2.24) is 4.90 Å². The Labute approximate surface area is 79.1 Å². The van der Waals surface area contributed by atoms with Crippen LogP contribution in [0.1, 0.15) is 25.7 Å². The summed E-state index contributed by atoms with van der Waals surface area (Å²) in [5.41, 5.74) is 0. The molecule has 1 aliphatic heterocycles. The molecule has 1 aliphatic rings. The normalized spacial score (nSPS) is 24.5. The van der Waals surface area contributed by atoms with Gasteiger partial charge in [0, 0.05) is 12.2 Å². The van der Waals surface area contributed by atoms with Crippen LogP contribution in [0.25, 0.3) is 0 Å². The van der Waals surface area contributed by atoms with Crippen LogP contribution in [0.4, 0.5) is 0 Å². The minimum absolute atomic E-state index is 0.631. The van der Waals surface area contributed by atoms with Crippen molar-refractivity contribution in [3.05, 3.63) is 12.3 Å². The number of piperidine rings is 1. The molecule has 13 heavy (non-hydrogen) atoms. The van der Waals surface area contributed by atoms with E-state index in [9.17, 15) is 4.79 Å². The van der Waals surface area contributed by atoms with Gasteiger partial charge in [0.2, 0.25) is 6.08 Å². The van der Waals surface area contributed by atoms with E-state index in [4.69, 9.17) is 0 Å². The number of carbonyl (C=O) groups excluding carboxylic acids is 1. The summed E-state index contributed by atoms with van der Waals surface area (Å²) in [5.74, 6) is 0. The number of nitrogens with zero attached hydrogens (tertiary/aromatic N) is 2. The van der Waals surface area contributed by atoms with E-state index in [2.05, 4.69) is 16.9 Å². The molecule has 1 heterocycles. The summed E-state index contributed by atoms with van der Waals surface area (Å²) in [7, 11) is 2.15. The Morgan fingerprint density at radius 1 is 1.62 bits per heavy atom. The molecule has 0 aromatic heterocycles. The molecule has 0 spiro atoms. The first-order valence-corrected chi connectivity index (χ1v) is 4.77. The molecule has 72 valence electrons.